The average Bonchev–Trinajstić information content (AvgIpc) is 2.68. The van der Waals surface area contributed by atoms with Crippen molar-refractivity contribution in [2.45, 2.75) is 0 Å². The fraction of sp³-hybridized carbons (Fsp3) is 0. The Morgan fingerprint density at radius 3 is 2.08 bits per heavy atom. The number of hydrogen-bond donors (Lipinski definition) is 1. The molecule has 4 nitrogen and oxygen atoms in total. The highest BCUT2D eigenvalue weighted by Gasteiger charge is 2.15. The fourth-order valence-corrected chi connectivity index (χ4v) is 2.43. The van der Waals surface area contributed by atoms with Crippen molar-refractivity contribution in [2.24, 2.45) is 0 Å². The molecule has 0 saturated heterocycles. The Balaban J connectivity index is 1.87. The van der Waals surface area contributed by atoms with E-state index < -0.39 is 0 Å². The first-order valence-corrected chi connectivity index (χ1v) is 7.69. The van der Waals surface area contributed by atoms with Gasteiger partial charge in [0.1, 0.15) is 0 Å². The minimum absolute atomic E-state index is 0.156. The number of amides is 1. The molecule has 0 radical (unpaired) electrons. The molecule has 0 aliphatic rings. The summed E-state index contributed by atoms with van der Waals surface area (Å²) in [5.41, 5.74) is 2.33. The molecule has 0 bridgehead atoms. The van der Waals surface area contributed by atoms with E-state index in [1.807, 2.05) is 12.1 Å². The lowest BCUT2D eigenvalue weighted by atomic mass is 10.0. The van der Waals surface area contributed by atoms with E-state index in [-0.39, 0.29) is 11.7 Å². The van der Waals surface area contributed by atoms with Crippen molar-refractivity contribution >= 4 is 17.4 Å². The van der Waals surface area contributed by atoms with Gasteiger partial charge in [-0.05, 0) is 36.4 Å². The molecule has 25 heavy (non-hydrogen) atoms. The maximum Gasteiger partial charge on any atom is 0.255 e. The smallest absolute Gasteiger partial charge is 0.255 e. The molecule has 0 atom stereocenters. The number of ketones is 1. The highest BCUT2D eigenvalue weighted by molar-refractivity contribution is 6.15. The van der Waals surface area contributed by atoms with Gasteiger partial charge >= 0.3 is 0 Å². The van der Waals surface area contributed by atoms with E-state index in [1.165, 1.54) is 0 Å². The van der Waals surface area contributed by atoms with Crippen molar-refractivity contribution in [2.75, 3.05) is 5.32 Å². The van der Waals surface area contributed by atoms with Crippen LogP contribution in [0.3, 0.4) is 0 Å². The van der Waals surface area contributed by atoms with Gasteiger partial charge in [0.25, 0.3) is 5.91 Å². The molecule has 0 aliphatic carbocycles. The number of carbonyl (C=O) groups is 2. The standard InChI is InChI=1S/C21H14N2O2/c22-14-15-10-12-17(13-11-15)21(25)23-19-9-5-4-8-18(19)20(24)16-6-2-1-3-7-16/h1-13H,(H,23,25). The number of benzene rings is 3. The molecule has 4 heteroatoms. The van der Waals surface area contributed by atoms with Gasteiger partial charge in [-0.1, -0.05) is 42.5 Å². The molecule has 0 aromatic heterocycles. The fourth-order valence-electron chi connectivity index (χ4n) is 2.43. The van der Waals surface area contributed by atoms with Gasteiger partial charge in [-0.25, -0.2) is 0 Å². The minimum Gasteiger partial charge on any atom is -0.321 e. The second-order valence-electron chi connectivity index (χ2n) is 5.38. The predicted octanol–water partition coefficient (Wildman–Crippen LogP) is 4.04. The van der Waals surface area contributed by atoms with Gasteiger partial charge in [0, 0.05) is 16.7 Å². The molecular weight excluding hydrogens is 312 g/mol. The highest BCUT2D eigenvalue weighted by Crippen LogP contribution is 2.20. The Morgan fingerprint density at radius 2 is 1.40 bits per heavy atom. The monoisotopic (exact) mass is 326 g/mol. The summed E-state index contributed by atoms with van der Waals surface area (Å²) in [5, 5.41) is 11.6. The number of hydrogen-bond acceptors (Lipinski definition) is 3. The first kappa shape index (κ1) is 16.2. The van der Waals surface area contributed by atoms with Crippen LogP contribution in [0.4, 0.5) is 5.69 Å². The number of anilines is 1. The van der Waals surface area contributed by atoms with E-state index in [9.17, 15) is 9.59 Å². The van der Waals surface area contributed by atoms with Crippen LogP contribution in [-0.2, 0) is 0 Å². The summed E-state index contributed by atoms with van der Waals surface area (Å²) < 4.78 is 0. The van der Waals surface area contributed by atoms with Crippen LogP contribution in [-0.4, -0.2) is 11.7 Å². The number of para-hydroxylation sites is 1. The summed E-state index contributed by atoms with van der Waals surface area (Å²) in [4.78, 5) is 25.1. The summed E-state index contributed by atoms with van der Waals surface area (Å²) in [7, 11) is 0. The summed E-state index contributed by atoms with van der Waals surface area (Å²) in [5.74, 6) is -0.492. The third kappa shape index (κ3) is 3.62. The molecule has 1 amide bonds. The summed E-state index contributed by atoms with van der Waals surface area (Å²) in [6.45, 7) is 0. The number of rotatable bonds is 4. The van der Waals surface area contributed by atoms with Crippen LogP contribution in [0.25, 0.3) is 0 Å². The Labute approximate surface area is 145 Å². The van der Waals surface area contributed by atoms with Crippen LogP contribution in [0.2, 0.25) is 0 Å². The maximum absolute atomic E-state index is 12.7. The topological polar surface area (TPSA) is 70.0 Å². The second kappa shape index (κ2) is 7.24. The van der Waals surface area contributed by atoms with Gasteiger partial charge in [-0.2, -0.15) is 5.26 Å². The van der Waals surface area contributed by atoms with Gasteiger partial charge < -0.3 is 5.32 Å². The van der Waals surface area contributed by atoms with Crippen molar-refractivity contribution in [3.05, 3.63) is 101 Å². The zero-order valence-corrected chi connectivity index (χ0v) is 13.3. The molecule has 0 saturated carbocycles. The van der Waals surface area contributed by atoms with Crippen molar-refractivity contribution in [3.8, 4) is 6.07 Å². The van der Waals surface area contributed by atoms with Crippen LogP contribution in [0.15, 0.2) is 78.9 Å². The summed E-state index contributed by atoms with van der Waals surface area (Å²) in [6.07, 6.45) is 0. The molecule has 0 fully saturated rings. The van der Waals surface area contributed by atoms with Crippen LogP contribution >= 0.6 is 0 Å². The SMILES string of the molecule is N#Cc1ccc(C(=O)Nc2ccccc2C(=O)c2ccccc2)cc1. The van der Waals surface area contributed by atoms with Gasteiger partial charge in [0.15, 0.2) is 5.78 Å². The van der Waals surface area contributed by atoms with Crippen LogP contribution in [0.5, 0.6) is 0 Å². The summed E-state index contributed by atoms with van der Waals surface area (Å²) in [6, 6.07) is 24.1. The zero-order chi connectivity index (χ0) is 17.6. The van der Waals surface area contributed by atoms with Gasteiger partial charge in [0.05, 0.1) is 17.3 Å². The highest BCUT2D eigenvalue weighted by atomic mass is 16.1. The van der Waals surface area contributed by atoms with Crippen LogP contribution < -0.4 is 5.32 Å². The third-order valence-electron chi connectivity index (χ3n) is 3.73. The van der Waals surface area contributed by atoms with E-state index >= 15 is 0 Å². The average molecular weight is 326 g/mol. The molecule has 0 unspecified atom stereocenters. The van der Waals surface area contributed by atoms with E-state index in [0.29, 0.717) is 27.9 Å². The van der Waals surface area contributed by atoms with E-state index in [4.69, 9.17) is 5.26 Å². The first-order chi connectivity index (χ1) is 12.2. The van der Waals surface area contributed by atoms with Gasteiger partial charge in [0.2, 0.25) is 0 Å². The summed E-state index contributed by atoms with van der Waals surface area (Å²) >= 11 is 0. The first-order valence-electron chi connectivity index (χ1n) is 7.69. The largest absolute Gasteiger partial charge is 0.321 e. The Hall–Kier alpha value is -3.71. The number of carbonyl (C=O) groups excluding carboxylic acids is 2. The van der Waals surface area contributed by atoms with E-state index in [1.54, 1.807) is 72.8 Å². The second-order valence-corrected chi connectivity index (χ2v) is 5.38. The zero-order valence-electron chi connectivity index (χ0n) is 13.3. The van der Waals surface area contributed by atoms with Crippen LogP contribution in [0.1, 0.15) is 31.8 Å². The Kier molecular flexibility index (Phi) is 4.68. The predicted molar refractivity (Wildman–Crippen MR) is 95.4 cm³/mol. The lowest BCUT2D eigenvalue weighted by molar-refractivity contribution is 0.102. The van der Waals surface area contributed by atoms with Crippen molar-refractivity contribution in [1.82, 2.24) is 0 Å². The molecule has 0 aliphatic heterocycles. The molecule has 120 valence electrons. The van der Waals surface area contributed by atoms with Crippen molar-refractivity contribution < 1.29 is 9.59 Å². The normalized spacial score (nSPS) is 9.88. The molecule has 0 heterocycles. The molecule has 3 aromatic carbocycles. The van der Waals surface area contributed by atoms with E-state index in [2.05, 4.69) is 5.32 Å². The number of nitrogens with zero attached hydrogens (tertiary/aromatic N) is 1. The Morgan fingerprint density at radius 1 is 0.760 bits per heavy atom. The molecule has 0 spiro atoms. The number of nitrogens with one attached hydrogen (secondary N) is 1. The number of nitriles is 1. The third-order valence-corrected chi connectivity index (χ3v) is 3.73. The molecule has 3 aromatic rings. The lowest BCUT2D eigenvalue weighted by Gasteiger charge is -2.10. The van der Waals surface area contributed by atoms with Gasteiger partial charge in [-0.15, -0.1) is 0 Å². The van der Waals surface area contributed by atoms with Crippen molar-refractivity contribution in [3.63, 3.8) is 0 Å². The molecular formula is C21H14N2O2. The Bertz CT molecular complexity index is 955. The van der Waals surface area contributed by atoms with E-state index in [0.717, 1.165) is 0 Å². The molecule has 1 N–H and O–H groups in total. The molecule has 3 rings (SSSR count). The lowest BCUT2D eigenvalue weighted by Crippen LogP contribution is -2.15. The van der Waals surface area contributed by atoms with Crippen LogP contribution in [0, 0.1) is 11.3 Å². The maximum atomic E-state index is 12.7. The quantitative estimate of drug-likeness (QED) is 0.736. The van der Waals surface area contributed by atoms with Crippen molar-refractivity contribution in [1.29, 1.82) is 5.26 Å². The van der Waals surface area contributed by atoms with Gasteiger partial charge in [-0.3, -0.25) is 9.59 Å². The minimum atomic E-state index is -0.335.